The molecular weight excluding hydrogens is 252 g/mol. The van der Waals surface area contributed by atoms with Gasteiger partial charge in [-0.1, -0.05) is 0 Å². The molecule has 2 aromatic heterocycles. The maximum Gasteiger partial charge on any atom is 0.179 e. The highest BCUT2D eigenvalue weighted by atomic mass is 35.5. The minimum Gasteiger partial charge on any atom is -0.378 e. The molecule has 5 nitrogen and oxygen atoms in total. The third-order valence-electron chi connectivity index (χ3n) is 3.07. The average Bonchev–Trinajstić information content (AvgIpc) is 2.77. The van der Waals surface area contributed by atoms with Crippen LogP contribution in [0.25, 0.3) is 11.2 Å². The first-order valence-electron chi connectivity index (χ1n) is 6.02. The largest absolute Gasteiger partial charge is 0.378 e. The number of hydrogen-bond donors (Lipinski definition) is 0. The third kappa shape index (κ3) is 1.93. The first-order valence-corrected chi connectivity index (χ1v) is 6.56. The van der Waals surface area contributed by atoms with Gasteiger partial charge in [-0.05, 0) is 18.6 Å². The van der Waals surface area contributed by atoms with Crippen LogP contribution < -0.4 is 5.01 Å². The highest BCUT2D eigenvalue weighted by Crippen LogP contribution is 2.17. The maximum atomic E-state index is 5.99. The van der Waals surface area contributed by atoms with Gasteiger partial charge in [0, 0.05) is 6.20 Å². The minimum absolute atomic E-state index is 0.382. The van der Waals surface area contributed by atoms with Crippen molar-refractivity contribution in [2.75, 3.05) is 31.3 Å². The molecule has 0 radical (unpaired) electrons. The molecule has 0 unspecified atom stereocenters. The number of morpholine rings is 1. The molecule has 3 heterocycles. The second-order valence-corrected chi connectivity index (χ2v) is 4.66. The van der Waals surface area contributed by atoms with E-state index in [4.69, 9.17) is 16.3 Å². The van der Waals surface area contributed by atoms with Crippen molar-refractivity contribution in [3.8, 4) is 0 Å². The Labute approximate surface area is 110 Å². The zero-order chi connectivity index (χ0) is 12.5. The van der Waals surface area contributed by atoms with E-state index in [1.165, 1.54) is 0 Å². The molecule has 0 saturated carbocycles. The summed E-state index contributed by atoms with van der Waals surface area (Å²) >= 11 is 5.99. The Balaban J connectivity index is 2.12. The van der Waals surface area contributed by atoms with Crippen molar-refractivity contribution in [2.24, 2.45) is 0 Å². The molecule has 1 aliphatic rings. The Hall–Kier alpha value is -1.33. The second-order valence-electron chi connectivity index (χ2n) is 4.39. The quantitative estimate of drug-likeness (QED) is 0.772. The van der Waals surface area contributed by atoms with E-state index in [0.717, 1.165) is 48.9 Å². The summed E-state index contributed by atoms with van der Waals surface area (Å²) in [7, 11) is 0. The number of aryl methyl sites for hydroxylation is 1. The number of aromatic nitrogens is 3. The molecule has 6 heteroatoms. The molecule has 0 atom stereocenters. The van der Waals surface area contributed by atoms with Crippen LogP contribution in [0.2, 0.25) is 0 Å². The fourth-order valence-corrected chi connectivity index (χ4v) is 2.41. The lowest BCUT2D eigenvalue weighted by Gasteiger charge is -2.30. The summed E-state index contributed by atoms with van der Waals surface area (Å²) in [5, 5.41) is 2.19. The van der Waals surface area contributed by atoms with Gasteiger partial charge in [0.05, 0.1) is 32.2 Å². The summed E-state index contributed by atoms with van der Waals surface area (Å²) in [6.45, 7) is 5.15. The Morgan fingerprint density at radius 2 is 2.17 bits per heavy atom. The van der Waals surface area contributed by atoms with Crippen LogP contribution in [0.5, 0.6) is 0 Å². The Bertz CT molecular complexity index is 562. The number of pyridine rings is 1. The van der Waals surface area contributed by atoms with E-state index in [2.05, 4.69) is 15.0 Å². The Morgan fingerprint density at radius 3 is 2.89 bits per heavy atom. The van der Waals surface area contributed by atoms with Crippen LogP contribution in [0.4, 0.5) is 0 Å². The molecule has 96 valence electrons. The van der Waals surface area contributed by atoms with Gasteiger partial charge in [0.25, 0.3) is 0 Å². The number of fused-ring (bicyclic) bond motifs is 1. The standard InChI is InChI=1S/C12H15ClN4O/c1-9-6-10-12(14-8-9)17(11(7-13)15-10)16-2-4-18-5-3-16/h6,8H,2-5,7H2,1H3. The van der Waals surface area contributed by atoms with Gasteiger partial charge in [-0.25, -0.2) is 14.6 Å². The van der Waals surface area contributed by atoms with Gasteiger partial charge < -0.3 is 9.75 Å². The van der Waals surface area contributed by atoms with Crippen LogP contribution in [0.3, 0.4) is 0 Å². The van der Waals surface area contributed by atoms with Crippen LogP contribution >= 0.6 is 11.6 Å². The van der Waals surface area contributed by atoms with Crippen LogP contribution in [0.15, 0.2) is 12.3 Å². The first-order chi connectivity index (χ1) is 8.79. The van der Waals surface area contributed by atoms with Crippen molar-refractivity contribution in [1.29, 1.82) is 0 Å². The molecule has 3 rings (SSSR count). The number of alkyl halides is 1. The fraction of sp³-hybridized carbons (Fsp3) is 0.500. The zero-order valence-electron chi connectivity index (χ0n) is 10.3. The normalized spacial score (nSPS) is 16.4. The lowest BCUT2D eigenvalue weighted by molar-refractivity contribution is 0.111. The van der Waals surface area contributed by atoms with Crippen molar-refractivity contribution < 1.29 is 4.74 Å². The number of hydrogen-bond acceptors (Lipinski definition) is 4. The molecule has 1 saturated heterocycles. The molecule has 18 heavy (non-hydrogen) atoms. The summed E-state index contributed by atoms with van der Waals surface area (Å²) in [6.07, 6.45) is 1.86. The average molecular weight is 267 g/mol. The highest BCUT2D eigenvalue weighted by molar-refractivity contribution is 6.16. The maximum absolute atomic E-state index is 5.99. The molecule has 1 fully saturated rings. The lowest BCUT2D eigenvalue weighted by atomic mass is 10.3. The van der Waals surface area contributed by atoms with Gasteiger partial charge in [-0.15, -0.1) is 11.6 Å². The molecule has 2 aromatic rings. The van der Waals surface area contributed by atoms with Crippen molar-refractivity contribution in [3.63, 3.8) is 0 Å². The van der Waals surface area contributed by atoms with Crippen LogP contribution in [-0.4, -0.2) is 40.9 Å². The number of nitrogens with zero attached hydrogens (tertiary/aromatic N) is 4. The molecule has 0 aliphatic carbocycles. The predicted octanol–water partition coefficient (Wildman–Crippen LogP) is 1.45. The van der Waals surface area contributed by atoms with E-state index in [-0.39, 0.29) is 0 Å². The Kier molecular flexibility index (Phi) is 3.09. The van der Waals surface area contributed by atoms with Gasteiger partial charge in [0.2, 0.25) is 0 Å². The van der Waals surface area contributed by atoms with Gasteiger partial charge in [0.15, 0.2) is 5.65 Å². The second kappa shape index (κ2) is 4.74. The Morgan fingerprint density at radius 1 is 1.39 bits per heavy atom. The van der Waals surface area contributed by atoms with Gasteiger partial charge in [-0.2, -0.15) is 0 Å². The number of halogens is 1. The van der Waals surface area contributed by atoms with Crippen LogP contribution in [0, 0.1) is 6.92 Å². The number of rotatable bonds is 2. The van der Waals surface area contributed by atoms with Gasteiger partial charge >= 0.3 is 0 Å². The zero-order valence-corrected chi connectivity index (χ0v) is 11.0. The molecular formula is C12H15ClN4O. The van der Waals surface area contributed by atoms with E-state index in [1.54, 1.807) is 0 Å². The van der Waals surface area contributed by atoms with Gasteiger partial charge in [-0.3, -0.25) is 0 Å². The molecule has 0 amide bonds. The smallest absolute Gasteiger partial charge is 0.179 e. The highest BCUT2D eigenvalue weighted by Gasteiger charge is 2.19. The number of ether oxygens (including phenoxy) is 1. The SMILES string of the molecule is Cc1cnc2c(c1)nc(CCl)n2N1CCOCC1. The summed E-state index contributed by atoms with van der Waals surface area (Å²) in [6, 6.07) is 2.04. The first kappa shape index (κ1) is 11.7. The summed E-state index contributed by atoms with van der Waals surface area (Å²) in [5.41, 5.74) is 2.88. The summed E-state index contributed by atoms with van der Waals surface area (Å²) in [5.74, 6) is 1.22. The minimum atomic E-state index is 0.382. The van der Waals surface area contributed by atoms with Crippen LogP contribution in [0.1, 0.15) is 11.4 Å². The van der Waals surface area contributed by atoms with Crippen molar-refractivity contribution in [2.45, 2.75) is 12.8 Å². The summed E-state index contributed by atoms with van der Waals surface area (Å²) < 4.78 is 7.41. The molecule has 1 aliphatic heterocycles. The monoisotopic (exact) mass is 266 g/mol. The molecule has 0 spiro atoms. The predicted molar refractivity (Wildman–Crippen MR) is 70.6 cm³/mol. The molecule has 0 N–H and O–H groups in total. The van der Waals surface area contributed by atoms with Crippen LogP contribution in [-0.2, 0) is 10.6 Å². The molecule has 0 aromatic carbocycles. The van der Waals surface area contributed by atoms with Crippen molar-refractivity contribution >= 4 is 22.8 Å². The van der Waals surface area contributed by atoms with Crippen molar-refractivity contribution in [3.05, 3.63) is 23.7 Å². The molecule has 0 bridgehead atoms. The topological polar surface area (TPSA) is 43.2 Å². The summed E-state index contributed by atoms with van der Waals surface area (Å²) in [4.78, 5) is 9.04. The third-order valence-corrected chi connectivity index (χ3v) is 3.31. The van der Waals surface area contributed by atoms with E-state index >= 15 is 0 Å². The van der Waals surface area contributed by atoms with E-state index in [1.807, 2.05) is 23.9 Å². The van der Waals surface area contributed by atoms with E-state index in [0.29, 0.717) is 5.88 Å². The number of imidazole rings is 1. The van der Waals surface area contributed by atoms with E-state index in [9.17, 15) is 0 Å². The fourth-order valence-electron chi connectivity index (χ4n) is 2.24. The van der Waals surface area contributed by atoms with Crippen molar-refractivity contribution in [1.82, 2.24) is 14.6 Å². The van der Waals surface area contributed by atoms with Gasteiger partial charge in [0.1, 0.15) is 11.3 Å². The van der Waals surface area contributed by atoms with E-state index < -0.39 is 0 Å². The lowest BCUT2D eigenvalue weighted by Crippen LogP contribution is -2.44.